The predicted octanol–water partition coefficient (Wildman–Crippen LogP) is 4.78. The third kappa shape index (κ3) is 3.57. The second-order valence-corrected chi connectivity index (χ2v) is 5.79. The van der Waals surface area contributed by atoms with Gasteiger partial charge in [0.15, 0.2) is 23.1 Å². The number of benzene rings is 2. The van der Waals surface area contributed by atoms with Crippen LogP contribution in [0.4, 0.5) is 32.0 Å². The highest BCUT2D eigenvalue weighted by Crippen LogP contribution is 2.35. The molecule has 0 radical (unpaired) electrons. The van der Waals surface area contributed by atoms with E-state index in [4.69, 9.17) is 0 Å². The van der Waals surface area contributed by atoms with Gasteiger partial charge in [0, 0.05) is 18.8 Å². The highest BCUT2D eigenvalue weighted by Gasteiger charge is 2.39. The molecule has 10 heteroatoms. The largest absolute Gasteiger partial charge is 0.435 e. The number of aromatic nitrogens is 2. The summed E-state index contributed by atoms with van der Waals surface area (Å²) in [7, 11) is 1.17. The van der Waals surface area contributed by atoms with E-state index in [2.05, 4.69) is 5.10 Å². The molecule has 0 aliphatic heterocycles. The van der Waals surface area contributed by atoms with Crippen molar-refractivity contribution in [1.82, 2.24) is 9.78 Å². The van der Waals surface area contributed by atoms with Crippen LogP contribution in [0.5, 0.6) is 0 Å². The Hall–Kier alpha value is -3.30. The van der Waals surface area contributed by atoms with Gasteiger partial charge < -0.3 is 5.32 Å². The van der Waals surface area contributed by atoms with Crippen LogP contribution < -0.4 is 5.32 Å². The molecule has 0 aliphatic carbocycles. The summed E-state index contributed by atoms with van der Waals surface area (Å²) in [6.07, 6.45) is -4.15. The Kier molecular flexibility index (Phi) is 4.88. The first-order valence-electron chi connectivity index (χ1n) is 7.74. The van der Waals surface area contributed by atoms with Crippen LogP contribution in [0, 0.1) is 17.5 Å². The molecule has 1 aromatic heterocycles. The molecule has 3 aromatic rings. The van der Waals surface area contributed by atoms with E-state index >= 15 is 0 Å². The smallest absolute Gasteiger partial charge is 0.319 e. The van der Waals surface area contributed by atoms with Gasteiger partial charge in [0.05, 0.1) is 11.3 Å². The molecule has 4 nitrogen and oxygen atoms in total. The van der Waals surface area contributed by atoms with Crippen molar-refractivity contribution < 1.29 is 31.1 Å². The molecule has 1 heterocycles. The van der Waals surface area contributed by atoms with E-state index in [9.17, 15) is 31.1 Å². The van der Waals surface area contributed by atoms with E-state index in [1.54, 1.807) is 6.07 Å². The van der Waals surface area contributed by atoms with Crippen molar-refractivity contribution in [3.05, 3.63) is 71.3 Å². The van der Waals surface area contributed by atoms with Crippen molar-refractivity contribution in [3.63, 3.8) is 0 Å². The maximum Gasteiger partial charge on any atom is 0.435 e. The quantitative estimate of drug-likeness (QED) is 0.509. The number of amides is 1. The molecule has 1 N–H and O–H groups in total. The lowest BCUT2D eigenvalue weighted by molar-refractivity contribution is -0.141. The number of rotatable bonds is 3. The third-order valence-electron chi connectivity index (χ3n) is 3.83. The van der Waals surface area contributed by atoms with Crippen LogP contribution in [0.2, 0.25) is 0 Å². The Labute approximate surface area is 154 Å². The van der Waals surface area contributed by atoms with Gasteiger partial charge in [0.1, 0.15) is 0 Å². The molecule has 0 bridgehead atoms. The fraction of sp³-hybridized carbons (Fsp3) is 0.111. The van der Waals surface area contributed by atoms with E-state index in [0.29, 0.717) is 6.07 Å². The van der Waals surface area contributed by atoms with Crippen LogP contribution in [0.25, 0.3) is 11.1 Å². The molecule has 3 rings (SSSR count). The second-order valence-electron chi connectivity index (χ2n) is 5.79. The first-order valence-corrected chi connectivity index (χ1v) is 7.74. The normalized spacial score (nSPS) is 11.5. The lowest BCUT2D eigenvalue weighted by atomic mass is 10.0. The first kappa shape index (κ1) is 19.5. The maximum absolute atomic E-state index is 14.4. The van der Waals surface area contributed by atoms with Gasteiger partial charge in [0.2, 0.25) is 0 Å². The molecule has 0 unspecified atom stereocenters. The highest BCUT2D eigenvalue weighted by molar-refractivity contribution is 6.07. The molecule has 0 atom stereocenters. The molecule has 1 amide bonds. The predicted molar refractivity (Wildman–Crippen MR) is 87.9 cm³/mol. The van der Waals surface area contributed by atoms with Gasteiger partial charge in [-0.05, 0) is 11.6 Å². The van der Waals surface area contributed by atoms with Crippen molar-refractivity contribution in [2.45, 2.75) is 6.18 Å². The van der Waals surface area contributed by atoms with Gasteiger partial charge in [-0.2, -0.15) is 18.3 Å². The number of aryl methyl sites for hydroxylation is 1. The number of hydrogen-bond donors (Lipinski definition) is 1. The number of carbonyl (C=O) groups is 1. The maximum atomic E-state index is 14.4. The van der Waals surface area contributed by atoms with Crippen molar-refractivity contribution in [2.24, 2.45) is 7.05 Å². The molecule has 2 aromatic carbocycles. The zero-order valence-corrected chi connectivity index (χ0v) is 14.1. The summed E-state index contributed by atoms with van der Waals surface area (Å²) >= 11 is 0. The molecule has 146 valence electrons. The molecular weight excluding hydrogens is 388 g/mol. The van der Waals surface area contributed by atoms with E-state index in [0.717, 1.165) is 10.9 Å². The Morgan fingerprint density at radius 1 is 1.07 bits per heavy atom. The van der Waals surface area contributed by atoms with E-state index in [1.807, 2.05) is 5.32 Å². The van der Waals surface area contributed by atoms with Crippen LogP contribution in [0.3, 0.4) is 0 Å². The van der Waals surface area contributed by atoms with Crippen molar-refractivity contribution in [1.29, 1.82) is 0 Å². The van der Waals surface area contributed by atoms with Crippen LogP contribution in [0.1, 0.15) is 16.1 Å². The Morgan fingerprint density at radius 2 is 1.71 bits per heavy atom. The van der Waals surface area contributed by atoms with Crippen LogP contribution >= 0.6 is 0 Å². The lowest BCUT2D eigenvalue weighted by Crippen LogP contribution is -2.19. The van der Waals surface area contributed by atoms with E-state index < -0.39 is 46.5 Å². The number of alkyl halides is 3. The van der Waals surface area contributed by atoms with Gasteiger partial charge in [-0.3, -0.25) is 9.48 Å². The SMILES string of the molecule is Cn1cc(C(=O)Nc2c(-c3ccccc3)cc(F)c(F)c2F)c(C(F)(F)F)n1. The summed E-state index contributed by atoms with van der Waals surface area (Å²) in [6.45, 7) is 0. The van der Waals surface area contributed by atoms with Crippen LogP contribution in [-0.2, 0) is 13.2 Å². The number of hydrogen-bond acceptors (Lipinski definition) is 2. The summed E-state index contributed by atoms with van der Waals surface area (Å²) in [5.41, 5.74) is -3.18. The zero-order chi connectivity index (χ0) is 20.6. The molecule has 0 fully saturated rings. The number of anilines is 1. The number of halogens is 6. The molecule has 0 spiro atoms. The summed E-state index contributed by atoms with van der Waals surface area (Å²) in [5, 5.41) is 5.10. The van der Waals surface area contributed by atoms with E-state index in [-0.39, 0.29) is 11.1 Å². The van der Waals surface area contributed by atoms with Crippen molar-refractivity contribution >= 4 is 11.6 Å². The Balaban J connectivity index is 2.11. The minimum absolute atomic E-state index is 0.220. The fourth-order valence-electron chi connectivity index (χ4n) is 2.61. The molecule has 0 saturated carbocycles. The monoisotopic (exact) mass is 399 g/mol. The van der Waals surface area contributed by atoms with Crippen molar-refractivity contribution in [3.8, 4) is 11.1 Å². The van der Waals surface area contributed by atoms with Crippen molar-refractivity contribution in [2.75, 3.05) is 5.32 Å². The average molecular weight is 399 g/mol. The first-order chi connectivity index (χ1) is 13.1. The molecular formula is C18H11F6N3O. The Morgan fingerprint density at radius 3 is 2.32 bits per heavy atom. The number of nitrogens with zero attached hydrogens (tertiary/aromatic N) is 2. The fourth-order valence-corrected chi connectivity index (χ4v) is 2.61. The topological polar surface area (TPSA) is 46.9 Å². The van der Waals surface area contributed by atoms with E-state index in [1.165, 1.54) is 31.3 Å². The summed E-state index contributed by atoms with van der Waals surface area (Å²) in [5.74, 6) is -6.48. The molecule has 28 heavy (non-hydrogen) atoms. The standard InChI is InChI=1S/C18H11F6N3O/c1-27-8-11(16(26-27)18(22,23)24)17(28)25-15-10(9-5-3-2-4-6-9)7-12(19)13(20)14(15)21/h2-8H,1H3,(H,25,28). The van der Waals surface area contributed by atoms with Crippen LogP contribution in [-0.4, -0.2) is 15.7 Å². The summed E-state index contributed by atoms with van der Waals surface area (Å²) in [4.78, 5) is 12.4. The highest BCUT2D eigenvalue weighted by atomic mass is 19.4. The average Bonchev–Trinajstić information content (AvgIpc) is 3.05. The number of carbonyl (C=O) groups excluding carboxylic acids is 1. The van der Waals surface area contributed by atoms with Crippen LogP contribution in [0.15, 0.2) is 42.6 Å². The lowest BCUT2D eigenvalue weighted by Gasteiger charge is -2.14. The van der Waals surface area contributed by atoms with Gasteiger partial charge in [0.25, 0.3) is 5.91 Å². The second kappa shape index (κ2) is 7.02. The molecule has 0 aliphatic rings. The van der Waals surface area contributed by atoms with Gasteiger partial charge >= 0.3 is 6.18 Å². The summed E-state index contributed by atoms with van der Waals surface area (Å²) in [6, 6.07) is 8.20. The third-order valence-corrected chi connectivity index (χ3v) is 3.83. The van der Waals surface area contributed by atoms with Gasteiger partial charge in [-0.15, -0.1) is 0 Å². The Bertz CT molecular complexity index is 1040. The number of nitrogens with one attached hydrogen (secondary N) is 1. The minimum Gasteiger partial charge on any atom is -0.319 e. The summed E-state index contributed by atoms with van der Waals surface area (Å²) < 4.78 is 81.7. The molecule has 0 saturated heterocycles. The van der Waals surface area contributed by atoms with Gasteiger partial charge in [-0.1, -0.05) is 30.3 Å². The van der Waals surface area contributed by atoms with Gasteiger partial charge in [-0.25, -0.2) is 13.2 Å². The minimum atomic E-state index is -4.94. The zero-order valence-electron chi connectivity index (χ0n) is 14.1.